The van der Waals surface area contributed by atoms with Crippen LogP contribution in [-0.4, -0.2) is 31.2 Å². The van der Waals surface area contributed by atoms with Crippen molar-refractivity contribution in [2.75, 3.05) is 31.2 Å². The summed E-state index contributed by atoms with van der Waals surface area (Å²) in [5.74, 6) is 0. The van der Waals surface area contributed by atoms with Gasteiger partial charge in [0.25, 0.3) is 5.69 Å². The SMILES string of the molecule is N#Cc1cc(N2CCCOCC2)ccc1[N+](=O)[O-]. The Hall–Kier alpha value is -2.13. The fourth-order valence-electron chi connectivity index (χ4n) is 1.97. The van der Waals surface area contributed by atoms with E-state index in [9.17, 15) is 10.1 Å². The molecule has 0 radical (unpaired) electrons. The van der Waals surface area contributed by atoms with E-state index in [0.717, 1.165) is 31.8 Å². The van der Waals surface area contributed by atoms with Gasteiger partial charge in [-0.1, -0.05) is 0 Å². The number of nitro groups is 1. The minimum absolute atomic E-state index is 0.0997. The molecule has 1 heterocycles. The van der Waals surface area contributed by atoms with Crippen LogP contribution in [0.2, 0.25) is 0 Å². The predicted molar refractivity (Wildman–Crippen MR) is 65.5 cm³/mol. The highest BCUT2D eigenvalue weighted by molar-refractivity contribution is 5.59. The van der Waals surface area contributed by atoms with Crippen molar-refractivity contribution in [3.8, 4) is 6.07 Å². The quantitative estimate of drug-likeness (QED) is 0.587. The van der Waals surface area contributed by atoms with Crippen LogP contribution in [0.1, 0.15) is 12.0 Å². The zero-order valence-electron chi connectivity index (χ0n) is 9.83. The molecule has 0 atom stereocenters. The molecule has 94 valence electrons. The average Bonchev–Trinajstić information content (AvgIpc) is 2.66. The molecule has 0 unspecified atom stereocenters. The summed E-state index contributed by atoms with van der Waals surface area (Å²) in [6, 6.07) is 6.52. The van der Waals surface area contributed by atoms with Gasteiger partial charge < -0.3 is 9.64 Å². The molecule has 0 amide bonds. The standard InChI is InChI=1S/C12H13N3O3/c13-9-10-8-11(2-3-12(10)15(16)17)14-4-1-6-18-7-5-14/h2-3,8H,1,4-7H2. The number of benzene rings is 1. The van der Waals surface area contributed by atoms with Crippen molar-refractivity contribution >= 4 is 11.4 Å². The molecule has 1 saturated heterocycles. The zero-order chi connectivity index (χ0) is 13.0. The Kier molecular flexibility index (Phi) is 3.75. The van der Waals surface area contributed by atoms with Crippen molar-refractivity contribution in [3.63, 3.8) is 0 Å². The van der Waals surface area contributed by atoms with Crippen molar-refractivity contribution in [2.24, 2.45) is 0 Å². The molecule has 6 nitrogen and oxygen atoms in total. The van der Waals surface area contributed by atoms with Crippen LogP contribution in [0.15, 0.2) is 18.2 Å². The molecular weight excluding hydrogens is 234 g/mol. The number of nitriles is 1. The summed E-state index contributed by atoms with van der Waals surface area (Å²) < 4.78 is 5.35. The van der Waals surface area contributed by atoms with E-state index in [0.29, 0.717) is 6.61 Å². The molecule has 0 saturated carbocycles. The largest absolute Gasteiger partial charge is 0.380 e. The first-order valence-corrected chi connectivity index (χ1v) is 5.73. The van der Waals surface area contributed by atoms with E-state index in [2.05, 4.69) is 4.90 Å². The summed E-state index contributed by atoms with van der Waals surface area (Å²) in [4.78, 5) is 12.3. The minimum atomic E-state index is -0.534. The molecule has 0 aromatic heterocycles. The van der Waals surface area contributed by atoms with Gasteiger partial charge in [-0.25, -0.2) is 0 Å². The van der Waals surface area contributed by atoms with Gasteiger partial charge in [-0.05, 0) is 18.6 Å². The lowest BCUT2D eigenvalue weighted by molar-refractivity contribution is -0.385. The van der Waals surface area contributed by atoms with E-state index in [1.807, 2.05) is 6.07 Å². The zero-order valence-corrected chi connectivity index (χ0v) is 9.83. The van der Waals surface area contributed by atoms with Crippen LogP contribution in [0.4, 0.5) is 11.4 Å². The van der Waals surface area contributed by atoms with Crippen LogP contribution in [-0.2, 0) is 4.74 Å². The molecule has 1 aliphatic rings. The summed E-state index contributed by atoms with van der Waals surface area (Å²) in [5, 5.41) is 19.7. The van der Waals surface area contributed by atoms with Crippen LogP contribution in [0, 0.1) is 21.4 Å². The Morgan fingerprint density at radius 1 is 1.39 bits per heavy atom. The molecule has 6 heteroatoms. The normalized spacial score (nSPS) is 15.8. The second-order valence-corrected chi connectivity index (χ2v) is 4.02. The molecule has 0 bridgehead atoms. The second kappa shape index (κ2) is 5.47. The Bertz CT molecular complexity index is 488. The number of hydrogen-bond acceptors (Lipinski definition) is 5. The smallest absolute Gasteiger partial charge is 0.287 e. The van der Waals surface area contributed by atoms with Crippen molar-refractivity contribution in [2.45, 2.75) is 6.42 Å². The fraction of sp³-hybridized carbons (Fsp3) is 0.417. The lowest BCUT2D eigenvalue weighted by atomic mass is 10.1. The Balaban J connectivity index is 2.29. The topological polar surface area (TPSA) is 79.4 Å². The first-order valence-electron chi connectivity index (χ1n) is 5.73. The maximum absolute atomic E-state index is 10.7. The lowest BCUT2D eigenvalue weighted by Gasteiger charge is -2.21. The first kappa shape index (κ1) is 12.3. The minimum Gasteiger partial charge on any atom is -0.380 e. The third kappa shape index (κ3) is 2.57. The van der Waals surface area contributed by atoms with Gasteiger partial charge in [0.2, 0.25) is 0 Å². The number of anilines is 1. The molecule has 1 aliphatic heterocycles. The van der Waals surface area contributed by atoms with Crippen LogP contribution in [0.25, 0.3) is 0 Å². The maximum atomic E-state index is 10.7. The number of nitro benzene ring substituents is 1. The maximum Gasteiger partial charge on any atom is 0.287 e. The van der Waals surface area contributed by atoms with Crippen LogP contribution in [0.3, 0.4) is 0 Å². The van der Waals surface area contributed by atoms with E-state index in [-0.39, 0.29) is 11.3 Å². The van der Waals surface area contributed by atoms with E-state index < -0.39 is 4.92 Å². The number of hydrogen-bond donors (Lipinski definition) is 0. The Labute approximate surface area is 105 Å². The lowest BCUT2D eigenvalue weighted by Crippen LogP contribution is -2.25. The highest BCUT2D eigenvalue weighted by Crippen LogP contribution is 2.24. The van der Waals surface area contributed by atoms with E-state index >= 15 is 0 Å². The molecule has 18 heavy (non-hydrogen) atoms. The van der Waals surface area contributed by atoms with E-state index in [4.69, 9.17) is 10.00 Å². The summed E-state index contributed by atoms with van der Waals surface area (Å²) in [6.45, 7) is 2.94. The highest BCUT2D eigenvalue weighted by atomic mass is 16.6. The highest BCUT2D eigenvalue weighted by Gasteiger charge is 2.17. The van der Waals surface area contributed by atoms with Crippen LogP contribution >= 0.6 is 0 Å². The van der Waals surface area contributed by atoms with Gasteiger partial charge in [0.15, 0.2) is 0 Å². The van der Waals surface area contributed by atoms with Gasteiger partial charge in [0.05, 0.1) is 11.5 Å². The molecule has 0 N–H and O–H groups in total. The van der Waals surface area contributed by atoms with Gasteiger partial charge in [-0.3, -0.25) is 10.1 Å². The second-order valence-electron chi connectivity index (χ2n) is 4.02. The molecule has 1 fully saturated rings. The Morgan fingerprint density at radius 2 is 2.22 bits per heavy atom. The molecule has 0 aliphatic carbocycles. The summed E-state index contributed by atoms with van der Waals surface area (Å²) in [5.41, 5.74) is 0.789. The van der Waals surface area contributed by atoms with Gasteiger partial charge in [0, 0.05) is 31.5 Å². The van der Waals surface area contributed by atoms with Crippen molar-refractivity contribution in [1.29, 1.82) is 5.26 Å². The molecule has 1 aromatic rings. The monoisotopic (exact) mass is 247 g/mol. The van der Waals surface area contributed by atoms with E-state index in [1.165, 1.54) is 6.07 Å². The first-order chi connectivity index (χ1) is 8.72. The van der Waals surface area contributed by atoms with Gasteiger partial charge >= 0.3 is 0 Å². The van der Waals surface area contributed by atoms with Crippen LogP contribution < -0.4 is 4.90 Å². The third-order valence-electron chi connectivity index (χ3n) is 2.88. The molecule has 0 spiro atoms. The Morgan fingerprint density at radius 3 is 2.94 bits per heavy atom. The number of ether oxygens (including phenoxy) is 1. The number of rotatable bonds is 2. The van der Waals surface area contributed by atoms with Crippen LogP contribution in [0.5, 0.6) is 0 Å². The van der Waals surface area contributed by atoms with Crippen molar-refractivity contribution < 1.29 is 9.66 Å². The van der Waals surface area contributed by atoms with Gasteiger partial charge in [0.1, 0.15) is 11.6 Å². The molecule has 1 aromatic carbocycles. The van der Waals surface area contributed by atoms with E-state index in [1.54, 1.807) is 12.1 Å². The van der Waals surface area contributed by atoms with Gasteiger partial charge in [-0.2, -0.15) is 5.26 Å². The predicted octanol–water partition coefficient (Wildman–Crippen LogP) is 1.69. The third-order valence-corrected chi connectivity index (χ3v) is 2.88. The average molecular weight is 247 g/mol. The fourth-order valence-corrected chi connectivity index (χ4v) is 1.97. The molecular formula is C12H13N3O3. The van der Waals surface area contributed by atoms with Gasteiger partial charge in [-0.15, -0.1) is 0 Å². The summed E-state index contributed by atoms with van der Waals surface area (Å²) >= 11 is 0. The summed E-state index contributed by atoms with van der Waals surface area (Å²) in [6.07, 6.45) is 0.916. The number of nitrogens with zero attached hydrogens (tertiary/aromatic N) is 3. The molecule has 2 rings (SSSR count). The summed E-state index contributed by atoms with van der Waals surface area (Å²) in [7, 11) is 0. The van der Waals surface area contributed by atoms with Crippen molar-refractivity contribution in [3.05, 3.63) is 33.9 Å². The van der Waals surface area contributed by atoms with Crippen molar-refractivity contribution in [1.82, 2.24) is 0 Å².